The van der Waals surface area contributed by atoms with E-state index in [4.69, 9.17) is 9.84 Å². The van der Waals surface area contributed by atoms with Crippen LogP contribution in [0.4, 0.5) is 4.79 Å². The number of nitrogens with zero attached hydrogens (tertiary/aromatic N) is 1. The van der Waals surface area contributed by atoms with Gasteiger partial charge in [0.15, 0.2) is 0 Å². The zero-order valence-electron chi connectivity index (χ0n) is 11.8. The molecule has 2 N–H and O–H groups in total. The summed E-state index contributed by atoms with van der Waals surface area (Å²) in [7, 11) is 0. The van der Waals surface area contributed by atoms with Crippen molar-refractivity contribution in [1.29, 1.82) is 0 Å². The molecule has 1 aliphatic heterocycles. The van der Waals surface area contributed by atoms with Gasteiger partial charge in [0.05, 0.1) is 6.61 Å². The second-order valence-corrected chi connectivity index (χ2v) is 5.68. The van der Waals surface area contributed by atoms with Gasteiger partial charge in [-0.05, 0) is 24.7 Å². The van der Waals surface area contributed by atoms with Crippen molar-refractivity contribution in [3.8, 4) is 0 Å². The predicted molar refractivity (Wildman–Crippen MR) is 71.1 cm³/mol. The molecule has 0 aromatic heterocycles. The normalized spacial score (nSPS) is 18.7. The Morgan fingerprint density at radius 1 is 1.32 bits per heavy atom. The average Bonchev–Trinajstić information content (AvgIpc) is 2.49. The van der Waals surface area contributed by atoms with Crippen LogP contribution in [0, 0.1) is 5.41 Å². The average molecular weight is 272 g/mol. The van der Waals surface area contributed by atoms with Crippen LogP contribution >= 0.6 is 0 Å². The summed E-state index contributed by atoms with van der Waals surface area (Å²) in [6, 6.07) is -0.0865. The Labute approximate surface area is 114 Å². The van der Waals surface area contributed by atoms with Crippen molar-refractivity contribution < 1.29 is 19.4 Å². The van der Waals surface area contributed by atoms with Crippen molar-refractivity contribution in [1.82, 2.24) is 10.2 Å². The molecule has 1 rings (SSSR count). The molecule has 0 aromatic rings. The summed E-state index contributed by atoms with van der Waals surface area (Å²) in [6.45, 7) is 6.25. The Morgan fingerprint density at radius 2 is 2.05 bits per heavy atom. The molecule has 1 heterocycles. The Kier molecular flexibility index (Phi) is 6.08. The summed E-state index contributed by atoms with van der Waals surface area (Å²) in [4.78, 5) is 23.9. The quantitative estimate of drug-likeness (QED) is 0.740. The largest absolute Gasteiger partial charge is 0.480 e. The fourth-order valence-electron chi connectivity index (χ4n) is 2.13. The number of carboxylic acids is 1. The van der Waals surface area contributed by atoms with E-state index in [1.165, 1.54) is 0 Å². The monoisotopic (exact) mass is 272 g/mol. The lowest BCUT2D eigenvalue weighted by Crippen LogP contribution is -2.42. The predicted octanol–water partition coefficient (Wildman–Crippen LogP) is 1.31. The minimum absolute atomic E-state index is 0.0865. The summed E-state index contributed by atoms with van der Waals surface area (Å²) in [5.41, 5.74) is 0.305. The number of aliphatic carboxylic acids is 1. The lowest BCUT2D eigenvalue weighted by Gasteiger charge is -2.23. The number of urea groups is 1. The first-order chi connectivity index (χ1) is 8.91. The molecular formula is C13H24N2O4. The van der Waals surface area contributed by atoms with Gasteiger partial charge in [-0.2, -0.15) is 0 Å². The standard InChI is InChI=1S/C13H24N2O4/c1-13(2)4-3-7-15(8-5-13)12(18)14-6-9-19-10-11(16)17/h3-10H2,1-2H3,(H,14,18)(H,16,17). The van der Waals surface area contributed by atoms with Crippen LogP contribution in [0.1, 0.15) is 33.1 Å². The van der Waals surface area contributed by atoms with E-state index in [0.29, 0.717) is 12.0 Å². The maximum absolute atomic E-state index is 11.9. The number of carbonyl (C=O) groups is 2. The Hall–Kier alpha value is -1.30. The molecule has 2 amide bonds. The van der Waals surface area contributed by atoms with E-state index < -0.39 is 5.97 Å². The highest BCUT2D eigenvalue weighted by Gasteiger charge is 2.25. The molecule has 0 aromatic carbocycles. The molecule has 0 bridgehead atoms. The molecule has 0 unspecified atom stereocenters. The lowest BCUT2D eigenvalue weighted by molar-refractivity contribution is -0.142. The Bertz CT molecular complexity index is 318. The molecule has 0 radical (unpaired) electrons. The number of ether oxygens (including phenoxy) is 1. The molecule has 6 heteroatoms. The number of rotatable bonds is 5. The zero-order valence-corrected chi connectivity index (χ0v) is 11.8. The van der Waals surface area contributed by atoms with Crippen LogP contribution in [-0.2, 0) is 9.53 Å². The summed E-state index contributed by atoms with van der Waals surface area (Å²) >= 11 is 0. The first kappa shape index (κ1) is 15.8. The Morgan fingerprint density at radius 3 is 2.74 bits per heavy atom. The van der Waals surface area contributed by atoms with Crippen molar-refractivity contribution in [2.45, 2.75) is 33.1 Å². The number of carbonyl (C=O) groups excluding carboxylic acids is 1. The maximum Gasteiger partial charge on any atom is 0.329 e. The van der Waals surface area contributed by atoms with Gasteiger partial charge in [0.2, 0.25) is 0 Å². The van der Waals surface area contributed by atoms with E-state index in [9.17, 15) is 9.59 Å². The number of hydrogen-bond donors (Lipinski definition) is 2. The highest BCUT2D eigenvalue weighted by atomic mass is 16.5. The number of amides is 2. The fraction of sp³-hybridized carbons (Fsp3) is 0.846. The molecule has 0 aliphatic carbocycles. The van der Waals surface area contributed by atoms with Crippen molar-refractivity contribution >= 4 is 12.0 Å². The third-order valence-corrected chi connectivity index (χ3v) is 3.38. The third-order valence-electron chi connectivity index (χ3n) is 3.38. The van der Waals surface area contributed by atoms with Crippen LogP contribution in [0.25, 0.3) is 0 Å². The smallest absolute Gasteiger partial charge is 0.329 e. The van der Waals surface area contributed by atoms with Gasteiger partial charge in [-0.25, -0.2) is 9.59 Å². The SMILES string of the molecule is CC1(C)CCCN(C(=O)NCCOCC(=O)O)CC1. The molecule has 110 valence electrons. The minimum Gasteiger partial charge on any atom is -0.480 e. The Balaban J connectivity index is 2.20. The summed E-state index contributed by atoms with van der Waals surface area (Å²) < 4.78 is 4.86. The number of nitrogens with one attached hydrogen (secondary N) is 1. The van der Waals surface area contributed by atoms with E-state index in [1.807, 2.05) is 4.90 Å². The molecule has 1 saturated heterocycles. The second kappa shape index (κ2) is 7.33. The van der Waals surface area contributed by atoms with E-state index >= 15 is 0 Å². The van der Waals surface area contributed by atoms with Crippen LogP contribution < -0.4 is 5.32 Å². The summed E-state index contributed by atoms with van der Waals surface area (Å²) in [6.07, 6.45) is 3.17. The second-order valence-electron chi connectivity index (χ2n) is 5.68. The van der Waals surface area contributed by atoms with Gasteiger partial charge in [0, 0.05) is 19.6 Å². The van der Waals surface area contributed by atoms with E-state index in [0.717, 1.165) is 32.4 Å². The van der Waals surface area contributed by atoms with Crippen LogP contribution in [0.2, 0.25) is 0 Å². The summed E-state index contributed by atoms with van der Waals surface area (Å²) in [5.74, 6) is -0.999. The first-order valence-electron chi connectivity index (χ1n) is 6.73. The van der Waals surface area contributed by atoms with Crippen LogP contribution in [-0.4, -0.2) is 54.9 Å². The molecule has 0 atom stereocenters. The van der Waals surface area contributed by atoms with E-state index in [1.54, 1.807) is 0 Å². The molecule has 1 fully saturated rings. The highest BCUT2D eigenvalue weighted by molar-refractivity contribution is 5.74. The summed E-state index contributed by atoms with van der Waals surface area (Å²) in [5, 5.41) is 11.1. The first-order valence-corrected chi connectivity index (χ1v) is 6.73. The molecule has 6 nitrogen and oxygen atoms in total. The topological polar surface area (TPSA) is 78.9 Å². The van der Waals surface area contributed by atoms with Gasteiger partial charge in [-0.1, -0.05) is 13.8 Å². The molecule has 1 aliphatic rings. The van der Waals surface area contributed by atoms with Gasteiger partial charge in [0.25, 0.3) is 0 Å². The third kappa shape index (κ3) is 6.42. The van der Waals surface area contributed by atoms with Crippen molar-refractivity contribution in [3.05, 3.63) is 0 Å². The number of likely N-dealkylation sites (tertiary alicyclic amines) is 1. The van der Waals surface area contributed by atoms with E-state index in [-0.39, 0.29) is 19.2 Å². The minimum atomic E-state index is -0.999. The van der Waals surface area contributed by atoms with Gasteiger partial charge >= 0.3 is 12.0 Å². The van der Waals surface area contributed by atoms with Crippen molar-refractivity contribution in [2.24, 2.45) is 5.41 Å². The lowest BCUT2D eigenvalue weighted by atomic mass is 9.85. The van der Waals surface area contributed by atoms with Crippen LogP contribution in [0.3, 0.4) is 0 Å². The van der Waals surface area contributed by atoms with Gasteiger partial charge < -0.3 is 20.1 Å². The van der Waals surface area contributed by atoms with Crippen molar-refractivity contribution in [2.75, 3.05) is 32.8 Å². The van der Waals surface area contributed by atoms with E-state index in [2.05, 4.69) is 19.2 Å². The maximum atomic E-state index is 11.9. The molecule has 0 spiro atoms. The number of hydrogen-bond acceptors (Lipinski definition) is 3. The van der Waals surface area contributed by atoms with Crippen LogP contribution in [0.5, 0.6) is 0 Å². The van der Waals surface area contributed by atoms with Gasteiger partial charge in [-0.3, -0.25) is 0 Å². The highest BCUT2D eigenvalue weighted by Crippen LogP contribution is 2.29. The molecule has 19 heavy (non-hydrogen) atoms. The number of carboxylic acid groups (broad SMARTS) is 1. The molecular weight excluding hydrogens is 248 g/mol. The molecule has 0 saturated carbocycles. The fourth-order valence-corrected chi connectivity index (χ4v) is 2.13. The zero-order chi connectivity index (χ0) is 14.3. The van der Waals surface area contributed by atoms with Crippen molar-refractivity contribution in [3.63, 3.8) is 0 Å². The van der Waals surface area contributed by atoms with Crippen LogP contribution in [0.15, 0.2) is 0 Å². The van der Waals surface area contributed by atoms with Gasteiger partial charge in [0.1, 0.15) is 6.61 Å². The van der Waals surface area contributed by atoms with Gasteiger partial charge in [-0.15, -0.1) is 0 Å².